The lowest BCUT2D eigenvalue weighted by molar-refractivity contribution is 0.462. The molecule has 3 nitrogen and oxygen atoms in total. The fourth-order valence-electron chi connectivity index (χ4n) is 3.34. The molecule has 1 aliphatic carbocycles. The van der Waals surface area contributed by atoms with Gasteiger partial charge in [0.25, 0.3) is 0 Å². The molecule has 2 heterocycles. The number of rotatable bonds is 0. The zero-order valence-corrected chi connectivity index (χ0v) is 8.93. The van der Waals surface area contributed by atoms with Crippen LogP contribution in [-0.4, -0.2) is 22.9 Å². The first kappa shape index (κ1) is 8.48. The Morgan fingerprint density at radius 1 is 1.43 bits per heavy atom. The normalized spacial score (nSPS) is 30.1. The molecule has 1 aromatic heterocycles. The molecule has 0 amide bonds. The number of hydrogen-bond acceptors (Lipinski definition) is 2. The van der Waals surface area contributed by atoms with Crippen molar-refractivity contribution in [2.24, 2.45) is 7.05 Å². The molecule has 1 fully saturated rings. The predicted molar refractivity (Wildman–Crippen MR) is 55.4 cm³/mol. The summed E-state index contributed by atoms with van der Waals surface area (Å²) in [6.45, 7) is 4.49. The molecule has 3 heteroatoms. The molecule has 1 N–H and O–H groups in total. The van der Waals surface area contributed by atoms with Crippen molar-refractivity contribution >= 4 is 0 Å². The van der Waals surface area contributed by atoms with Gasteiger partial charge in [-0.3, -0.25) is 4.68 Å². The molecule has 0 aromatic carbocycles. The van der Waals surface area contributed by atoms with Gasteiger partial charge in [0, 0.05) is 30.3 Å². The molecule has 0 saturated carbocycles. The van der Waals surface area contributed by atoms with E-state index in [0.29, 0.717) is 5.41 Å². The van der Waals surface area contributed by atoms with Crippen molar-refractivity contribution in [2.45, 2.75) is 31.6 Å². The van der Waals surface area contributed by atoms with Crippen molar-refractivity contribution in [1.29, 1.82) is 0 Å². The van der Waals surface area contributed by atoms with Crippen LogP contribution in [0.4, 0.5) is 0 Å². The molecule has 2 aliphatic rings. The second kappa shape index (κ2) is 2.60. The summed E-state index contributed by atoms with van der Waals surface area (Å²) in [4.78, 5) is 0. The summed E-state index contributed by atoms with van der Waals surface area (Å²) in [5.74, 6) is 0. The summed E-state index contributed by atoms with van der Waals surface area (Å²) in [5.41, 5.74) is 4.73. The lowest BCUT2D eigenvalue weighted by atomic mass is 9.81. The van der Waals surface area contributed by atoms with Crippen LogP contribution in [0.15, 0.2) is 0 Å². The smallest absolute Gasteiger partial charge is 0.0634 e. The van der Waals surface area contributed by atoms with Gasteiger partial charge in [0.15, 0.2) is 0 Å². The largest absolute Gasteiger partial charge is 0.316 e. The molecule has 1 unspecified atom stereocenters. The number of hydrogen-bond donors (Lipinski definition) is 1. The van der Waals surface area contributed by atoms with Crippen LogP contribution < -0.4 is 5.32 Å². The van der Waals surface area contributed by atoms with E-state index in [2.05, 4.69) is 29.1 Å². The fourth-order valence-corrected chi connectivity index (χ4v) is 3.34. The summed E-state index contributed by atoms with van der Waals surface area (Å²) >= 11 is 0. The molecule has 1 aromatic rings. The Kier molecular flexibility index (Phi) is 1.57. The molecule has 0 radical (unpaired) electrons. The molecule has 0 bridgehead atoms. The zero-order chi connectivity index (χ0) is 9.76. The highest BCUT2D eigenvalue weighted by Crippen LogP contribution is 2.44. The molecule has 76 valence electrons. The van der Waals surface area contributed by atoms with Crippen LogP contribution in [0.1, 0.15) is 29.8 Å². The van der Waals surface area contributed by atoms with Gasteiger partial charge in [-0.25, -0.2) is 0 Å². The minimum absolute atomic E-state index is 0.438. The Hall–Kier alpha value is -0.830. The minimum Gasteiger partial charge on any atom is -0.316 e. The van der Waals surface area contributed by atoms with Crippen molar-refractivity contribution in [1.82, 2.24) is 15.1 Å². The van der Waals surface area contributed by atoms with Gasteiger partial charge in [-0.15, -0.1) is 0 Å². The van der Waals surface area contributed by atoms with Gasteiger partial charge >= 0.3 is 0 Å². The number of nitrogens with zero attached hydrogens (tertiary/aromatic N) is 2. The van der Waals surface area contributed by atoms with Crippen molar-refractivity contribution in [3.8, 4) is 0 Å². The first-order valence-electron chi connectivity index (χ1n) is 5.47. The van der Waals surface area contributed by atoms with E-state index >= 15 is 0 Å². The maximum Gasteiger partial charge on any atom is 0.0634 e. The van der Waals surface area contributed by atoms with Crippen molar-refractivity contribution in [3.63, 3.8) is 0 Å². The van der Waals surface area contributed by atoms with Crippen LogP contribution in [0.5, 0.6) is 0 Å². The van der Waals surface area contributed by atoms with E-state index in [1.165, 1.54) is 37.2 Å². The molecular formula is C11H17N3. The molecule has 14 heavy (non-hydrogen) atoms. The first-order chi connectivity index (χ1) is 6.73. The third-order valence-corrected chi connectivity index (χ3v) is 3.96. The standard InChI is InChI=1S/C11H17N3/c1-8-10-9(14(2)13-8)3-4-11(10)5-6-12-7-11/h12H,3-7H2,1-2H3. The van der Waals surface area contributed by atoms with E-state index in [-0.39, 0.29) is 0 Å². The lowest BCUT2D eigenvalue weighted by Crippen LogP contribution is -2.26. The third-order valence-electron chi connectivity index (χ3n) is 3.96. The molecule has 3 rings (SSSR count). The summed E-state index contributed by atoms with van der Waals surface area (Å²) in [6, 6.07) is 0. The Bertz CT molecular complexity index is 372. The van der Waals surface area contributed by atoms with Gasteiger partial charge in [-0.1, -0.05) is 0 Å². The monoisotopic (exact) mass is 191 g/mol. The zero-order valence-electron chi connectivity index (χ0n) is 8.93. The van der Waals surface area contributed by atoms with Gasteiger partial charge in [-0.05, 0) is 32.7 Å². The molecule has 1 saturated heterocycles. The average molecular weight is 191 g/mol. The van der Waals surface area contributed by atoms with E-state index in [1.807, 2.05) is 0 Å². The van der Waals surface area contributed by atoms with E-state index in [4.69, 9.17) is 0 Å². The highest BCUT2D eigenvalue weighted by molar-refractivity contribution is 5.40. The van der Waals surface area contributed by atoms with E-state index in [0.717, 1.165) is 6.54 Å². The summed E-state index contributed by atoms with van der Waals surface area (Å²) < 4.78 is 2.08. The second-order valence-electron chi connectivity index (χ2n) is 4.74. The van der Waals surface area contributed by atoms with Crippen LogP contribution in [0.3, 0.4) is 0 Å². The van der Waals surface area contributed by atoms with Gasteiger partial charge in [0.2, 0.25) is 0 Å². The SMILES string of the molecule is Cc1nn(C)c2c1C1(CCNC1)CC2. The molecule has 1 atom stereocenters. The number of aromatic nitrogens is 2. The van der Waals surface area contributed by atoms with Crippen molar-refractivity contribution < 1.29 is 0 Å². The average Bonchev–Trinajstić information content (AvgIpc) is 2.79. The highest BCUT2D eigenvalue weighted by Gasteiger charge is 2.44. The third kappa shape index (κ3) is 0.883. The first-order valence-corrected chi connectivity index (χ1v) is 5.47. The Balaban J connectivity index is 2.16. The van der Waals surface area contributed by atoms with E-state index in [9.17, 15) is 0 Å². The molecule has 1 spiro atoms. The fraction of sp³-hybridized carbons (Fsp3) is 0.727. The van der Waals surface area contributed by atoms with Crippen molar-refractivity contribution in [3.05, 3.63) is 17.0 Å². The Morgan fingerprint density at radius 2 is 2.29 bits per heavy atom. The summed E-state index contributed by atoms with van der Waals surface area (Å²) in [6.07, 6.45) is 3.84. The Labute approximate surface area is 84.5 Å². The van der Waals surface area contributed by atoms with Crippen LogP contribution in [0, 0.1) is 6.92 Å². The van der Waals surface area contributed by atoms with Crippen LogP contribution in [0.25, 0.3) is 0 Å². The maximum absolute atomic E-state index is 4.54. The van der Waals surface area contributed by atoms with Crippen LogP contribution in [-0.2, 0) is 18.9 Å². The topological polar surface area (TPSA) is 29.9 Å². The summed E-state index contributed by atoms with van der Waals surface area (Å²) in [7, 11) is 2.08. The van der Waals surface area contributed by atoms with E-state index in [1.54, 1.807) is 5.56 Å². The lowest BCUT2D eigenvalue weighted by Gasteiger charge is -2.22. The van der Waals surface area contributed by atoms with Crippen molar-refractivity contribution in [2.75, 3.05) is 13.1 Å². The maximum atomic E-state index is 4.54. The number of fused-ring (bicyclic) bond motifs is 2. The molecule has 1 aliphatic heterocycles. The van der Waals surface area contributed by atoms with Crippen LogP contribution >= 0.6 is 0 Å². The second-order valence-corrected chi connectivity index (χ2v) is 4.74. The van der Waals surface area contributed by atoms with Gasteiger partial charge in [0.1, 0.15) is 0 Å². The van der Waals surface area contributed by atoms with E-state index < -0.39 is 0 Å². The molecular weight excluding hydrogens is 174 g/mol. The summed E-state index contributed by atoms with van der Waals surface area (Å²) in [5, 5.41) is 8.04. The Morgan fingerprint density at radius 3 is 3.00 bits per heavy atom. The van der Waals surface area contributed by atoms with Gasteiger partial charge in [0.05, 0.1) is 5.69 Å². The highest BCUT2D eigenvalue weighted by atomic mass is 15.3. The quantitative estimate of drug-likeness (QED) is 0.660. The van der Waals surface area contributed by atoms with Gasteiger partial charge in [-0.2, -0.15) is 5.10 Å². The van der Waals surface area contributed by atoms with Crippen LogP contribution in [0.2, 0.25) is 0 Å². The van der Waals surface area contributed by atoms with Gasteiger partial charge < -0.3 is 5.32 Å². The number of aryl methyl sites for hydroxylation is 2. The predicted octanol–water partition coefficient (Wildman–Crippen LogP) is 0.906. The number of nitrogens with one attached hydrogen (secondary N) is 1. The minimum atomic E-state index is 0.438.